The molecule has 3 aromatic rings. The van der Waals surface area contributed by atoms with Crippen LogP contribution in [0.5, 0.6) is 5.75 Å². The fraction of sp³-hybridized carbons (Fsp3) is 0.167. The molecule has 0 saturated heterocycles. The van der Waals surface area contributed by atoms with Gasteiger partial charge in [0.15, 0.2) is 5.76 Å². The van der Waals surface area contributed by atoms with Crippen molar-refractivity contribution in [1.82, 2.24) is 15.2 Å². The molecule has 10 nitrogen and oxygen atoms in total. The molecule has 0 spiro atoms. The molecule has 1 N–H and O–H groups in total. The number of benzene rings is 1. The van der Waals surface area contributed by atoms with Crippen molar-refractivity contribution in [3.8, 4) is 5.75 Å². The van der Waals surface area contributed by atoms with Gasteiger partial charge in [-0.25, -0.2) is 5.43 Å². The Kier molecular flexibility index (Phi) is 5.80. The summed E-state index contributed by atoms with van der Waals surface area (Å²) in [7, 11) is 0. The van der Waals surface area contributed by atoms with Crippen LogP contribution in [0.3, 0.4) is 0 Å². The van der Waals surface area contributed by atoms with Crippen LogP contribution < -0.4 is 10.2 Å². The lowest BCUT2D eigenvalue weighted by Gasteiger charge is -2.05. The second-order valence-electron chi connectivity index (χ2n) is 5.59. The predicted octanol–water partition coefficient (Wildman–Crippen LogP) is 2.60. The number of hydrogen-bond acceptors (Lipinski definition) is 7. The Hall–Kier alpha value is -3.95. The van der Waals surface area contributed by atoms with Crippen LogP contribution in [0.15, 0.2) is 58.3 Å². The minimum absolute atomic E-state index is 0.0619. The maximum absolute atomic E-state index is 12.1. The van der Waals surface area contributed by atoms with Crippen molar-refractivity contribution in [2.45, 2.75) is 13.5 Å². The second kappa shape index (κ2) is 8.62. The summed E-state index contributed by atoms with van der Waals surface area (Å²) < 4.78 is 12.3. The lowest BCUT2D eigenvalue weighted by atomic mass is 10.2. The number of nitrogens with zero attached hydrogens (tertiary/aromatic N) is 4. The number of nitro groups is 1. The highest BCUT2D eigenvalue weighted by Gasteiger charge is 2.13. The van der Waals surface area contributed by atoms with Crippen LogP contribution in [0.2, 0.25) is 0 Å². The molecule has 1 amide bonds. The first-order valence-electron chi connectivity index (χ1n) is 8.37. The summed E-state index contributed by atoms with van der Waals surface area (Å²) in [6.07, 6.45) is 3.91. The van der Waals surface area contributed by atoms with Gasteiger partial charge in [-0.05, 0) is 31.2 Å². The summed E-state index contributed by atoms with van der Waals surface area (Å²) >= 11 is 0. The van der Waals surface area contributed by atoms with Crippen LogP contribution in [0.25, 0.3) is 0 Å². The van der Waals surface area contributed by atoms with Gasteiger partial charge in [-0.1, -0.05) is 12.1 Å². The van der Waals surface area contributed by atoms with Crippen LogP contribution in [0.4, 0.5) is 5.69 Å². The highest BCUT2D eigenvalue weighted by Crippen LogP contribution is 2.16. The predicted molar refractivity (Wildman–Crippen MR) is 99.4 cm³/mol. The zero-order valence-corrected chi connectivity index (χ0v) is 14.9. The molecule has 28 heavy (non-hydrogen) atoms. The second-order valence-corrected chi connectivity index (χ2v) is 5.59. The molecule has 0 aliphatic carbocycles. The third kappa shape index (κ3) is 4.61. The SMILES string of the molecule is CCOc1ccccc1/C=N\NC(=O)c1ccc(Cn2cc([N+](=O)[O-])cn2)o1. The van der Waals surface area contributed by atoms with E-state index in [-0.39, 0.29) is 18.0 Å². The number of furan rings is 1. The van der Waals surface area contributed by atoms with Crippen molar-refractivity contribution < 1.29 is 18.9 Å². The van der Waals surface area contributed by atoms with Crippen molar-refractivity contribution in [3.05, 3.63) is 76.0 Å². The Morgan fingerprint density at radius 3 is 2.96 bits per heavy atom. The quantitative estimate of drug-likeness (QED) is 0.362. The van der Waals surface area contributed by atoms with E-state index in [4.69, 9.17) is 9.15 Å². The number of hydrogen-bond donors (Lipinski definition) is 1. The first-order chi connectivity index (χ1) is 13.6. The van der Waals surface area contributed by atoms with Gasteiger partial charge in [-0.3, -0.25) is 19.6 Å². The number of aromatic nitrogens is 2. The number of rotatable bonds is 8. The van der Waals surface area contributed by atoms with Gasteiger partial charge in [0.05, 0.1) is 24.3 Å². The normalized spacial score (nSPS) is 10.9. The van der Waals surface area contributed by atoms with Gasteiger partial charge < -0.3 is 9.15 Å². The van der Waals surface area contributed by atoms with E-state index in [9.17, 15) is 14.9 Å². The van der Waals surface area contributed by atoms with Gasteiger partial charge >= 0.3 is 11.6 Å². The molecule has 10 heteroatoms. The Labute approximate surface area is 159 Å². The van der Waals surface area contributed by atoms with Crippen LogP contribution in [0, 0.1) is 10.1 Å². The van der Waals surface area contributed by atoms with Gasteiger partial charge in [0.2, 0.25) is 0 Å². The third-order valence-corrected chi connectivity index (χ3v) is 3.62. The van der Waals surface area contributed by atoms with Gasteiger partial charge in [0, 0.05) is 5.56 Å². The van der Waals surface area contributed by atoms with E-state index in [0.29, 0.717) is 18.1 Å². The molecule has 2 heterocycles. The monoisotopic (exact) mass is 383 g/mol. The standard InChI is InChI=1S/C18H17N5O5/c1-2-27-16-6-4-3-5-13(16)9-19-21-18(24)17-8-7-15(28-17)12-22-11-14(10-20-22)23(25)26/h3-11H,2,12H2,1H3,(H,21,24)/b19-9-. The van der Waals surface area contributed by atoms with E-state index in [1.807, 2.05) is 31.2 Å². The van der Waals surface area contributed by atoms with Crippen molar-refractivity contribution >= 4 is 17.8 Å². The summed E-state index contributed by atoms with van der Waals surface area (Å²) in [5.74, 6) is 0.625. The number of hydrazone groups is 1. The van der Waals surface area contributed by atoms with Crippen LogP contribution in [-0.2, 0) is 6.54 Å². The lowest BCUT2D eigenvalue weighted by molar-refractivity contribution is -0.385. The zero-order valence-electron chi connectivity index (χ0n) is 14.9. The molecule has 0 aliphatic heterocycles. The minimum Gasteiger partial charge on any atom is -0.493 e. The van der Waals surface area contributed by atoms with Crippen LogP contribution in [-0.4, -0.2) is 33.4 Å². The van der Waals surface area contributed by atoms with E-state index in [1.54, 1.807) is 6.07 Å². The van der Waals surface area contributed by atoms with Gasteiger partial charge in [-0.2, -0.15) is 10.2 Å². The molecule has 0 saturated carbocycles. The van der Waals surface area contributed by atoms with E-state index < -0.39 is 10.8 Å². The molecule has 144 valence electrons. The molecule has 1 aromatic carbocycles. The Morgan fingerprint density at radius 2 is 2.21 bits per heavy atom. The molecular weight excluding hydrogens is 366 g/mol. The summed E-state index contributed by atoms with van der Waals surface area (Å²) in [5, 5.41) is 18.5. The molecule has 0 fully saturated rings. The van der Waals surface area contributed by atoms with Gasteiger partial charge in [0.25, 0.3) is 0 Å². The topological polar surface area (TPSA) is 125 Å². The van der Waals surface area contributed by atoms with E-state index >= 15 is 0 Å². The zero-order chi connectivity index (χ0) is 19.9. The first-order valence-corrected chi connectivity index (χ1v) is 8.37. The minimum atomic E-state index is -0.536. The molecule has 0 aliphatic rings. The molecule has 3 rings (SSSR count). The highest BCUT2D eigenvalue weighted by atomic mass is 16.6. The van der Waals surface area contributed by atoms with Crippen molar-refractivity contribution in [2.75, 3.05) is 6.61 Å². The third-order valence-electron chi connectivity index (χ3n) is 3.62. The Morgan fingerprint density at radius 1 is 1.39 bits per heavy atom. The Balaban J connectivity index is 1.60. The smallest absolute Gasteiger partial charge is 0.307 e. The van der Waals surface area contributed by atoms with Crippen molar-refractivity contribution in [3.63, 3.8) is 0 Å². The average Bonchev–Trinajstić information content (AvgIpc) is 3.33. The largest absolute Gasteiger partial charge is 0.493 e. The molecular formula is C18H17N5O5. The summed E-state index contributed by atoms with van der Waals surface area (Å²) in [4.78, 5) is 22.3. The molecule has 2 aromatic heterocycles. The first kappa shape index (κ1) is 18.8. The molecule has 0 radical (unpaired) electrons. The lowest BCUT2D eigenvalue weighted by Crippen LogP contribution is -2.16. The number of ether oxygens (including phenoxy) is 1. The number of carbonyl (C=O) groups is 1. The number of carbonyl (C=O) groups excluding carboxylic acids is 1. The van der Waals surface area contributed by atoms with Gasteiger partial charge in [-0.15, -0.1) is 0 Å². The van der Waals surface area contributed by atoms with Crippen LogP contribution >= 0.6 is 0 Å². The van der Waals surface area contributed by atoms with E-state index in [2.05, 4.69) is 15.6 Å². The molecule has 0 unspecified atom stereocenters. The molecule has 0 bridgehead atoms. The highest BCUT2D eigenvalue weighted by molar-refractivity contribution is 5.92. The number of amides is 1. The summed E-state index contributed by atoms with van der Waals surface area (Å²) in [6.45, 7) is 2.56. The van der Waals surface area contributed by atoms with Crippen LogP contribution in [0.1, 0.15) is 28.8 Å². The van der Waals surface area contributed by atoms with Crippen molar-refractivity contribution in [2.24, 2.45) is 5.10 Å². The summed E-state index contributed by atoms with van der Waals surface area (Å²) in [5.41, 5.74) is 2.99. The maximum atomic E-state index is 12.1. The maximum Gasteiger partial charge on any atom is 0.307 e. The summed E-state index contributed by atoms with van der Waals surface area (Å²) in [6, 6.07) is 10.4. The fourth-order valence-electron chi connectivity index (χ4n) is 2.37. The molecule has 0 atom stereocenters. The van der Waals surface area contributed by atoms with E-state index in [0.717, 1.165) is 11.8 Å². The number of nitrogens with one attached hydrogen (secondary N) is 1. The number of para-hydroxylation sites is 1. The van der Waals surface area contributed by atoms with Crippen molar-refractivity contribution in [1.29, 1.82) is 0 Å². The Bertz CT molecular complexity index is 1010. The fourth-order valence-corrected chi connectivity index (χ4v) is 2.37. The van der Waals surface area contributed by atoms with Gasteiger partial charge in [0.1, 0.15) is 23.9 Å². The average molecular weight is 383 g/mol. The van der Waals surface area contributed by atoms with E-state index in [1.165, 1.54) is 23.2 Å².